The number of nitrogens with one attached hydrogen (secondary N) is 1. The summed E-state index contributed by atoms with van der Waals surface area (Å²) in [4.78, 5) is 19.4. The fourth-order valence-corrected chi connectivity index (χ4v) is 1.90. The van der Waals surface area contributed by atoms with Gasteiger partial charge in [-0.3, -0.25) is 4.79 Å². The van der Waals surface area contributed by atoms with E-state index < -0.39 is 0 Å². The molecular formula is C10H15N5O2S. The Kier molecular flexibility index (Phi) is 5.92. The maximum absolute atomic E-state index is 11.4. The lowest BCUT2D eigenvalue weighted by Gasteiger charge is -2.05. The van der Waals surface area contributed by atoms with Crippen LogP contribution in [0, 0.1) is 0 Å². The van der Waals surface area contributed by atoms with Crippen LogP contribution in [-0.2, 0) is 4.79 Å². The van der Waals surface area contributed by atoms with Crippen LogP contribution in [0.1, 0.15) is 19.0 Å². The quantitative estimate of drug-likeness (QED) is 0.223. The van der Waals surface area contributed by atoms with Gasteiger partial charge >= 0.3 is 0 Å². The number of amidine groups is 1. The van der Waals surface area contributed by atoms with Crippen molar-refractivity contribution in [2.45, 2.75) is 18.4 Å². The second kappa shape index (κ2) is 7.49. The maximum Gasteiger partial charge on any atom is 0.230 e. The second-order valence-electron chi connectivity index (χ2n) is 3.33. The third-order valence-corrected chi connectivity index (χ3v) is 2.91. The lowest BCUT2D eigenvalue weighted by atomic mass is 10.4. The largest absolute Gasteiger partial charge is 0.409 e. The van der Waals surface area contributed by atoms with Gasteiger partial charge in [0.2, 0.25) is 5.91 Å². The van der Waals surface area contributed by atoms with Crippen LogP contribution in [0.5, 0.6) is 0 Å². The SMILES string of the molecule is CCCNC(=O)CSc1nccnc1C(N)=NO. The highest BCUT2D eigenvalue weighted by atomic mass is 32.2. The summed E-state index contributed by atoms with van der Waals surface area (Å²) in [5.41, 5.74) is 5.74. The minimum Gasteiger partial charge on any atom is -0.409 e. The molecule has 1 aromatic heterocycles. The van der Waals surface area contributed by atoms with Crippen LogP contribution in [0.2, 0.25) is 0 Å². The summed E-state index contributed by atoms with van der Waals surface area (Å²) in [6.45, 7) is 2.62. The summed E-state index contributed by atoms with van der Waals surface area (Å²) in [5.74, 6) is 0.00208. The van der Waals surface area contributed by atoms with Crippen LogP contribution in [-0.4, -0.2) is 39.2 Å². The Morgan fingerprint density at radius 3 is 2.94 bits per heavy atom. The Hall–Kier alpha value is -1.83. The number of nitrogens with zero attached hydrogens (tertiary/aromatic N) is 3. The zero-order valence-corrected chi connectivity index (χ0v) is 10.8. The van der Waals surface area contributed by atoms with Gasteiger partial charge in [-0.1, -0.05) is 23.8 Å². The number of aromatic nitrogens is 2. The van der Waals surface area contributed by atoms with E-state index in [9.17, 15) is 4.79 Å². The molecule has 7 nitrogen and oxygen atoms in total. The van der Waals surface area contributed by atoms with Crippen LogP contribution in [0.3, 0.4) is 0 Å². The van der Waals surface area contributed by atoms with Gasteiger partial charge in [0, 0.05) is 18.9 Å². The molecule has 1 rings (SSSR count). The van der Waals surface area contributed by atoms with E-state index in [4.69, 9.17) is 10.9 Å². The number of oxime groups is 1. The number of carbonyl (C=O) groups is 1. The molecule has 0 saturated heterocycles. The first-order valence-electron chi connectivity index (χ1n) is 5.37. The average Bonchev–Trinajstić information content (AvgIpc) is 2.42. The molecule has 8 heteroatoms. The van der Waals surface area contributed by atoms with Crippen LogP contribution in [0.4, 0.5) is 0 Å². The van der Waals surface area contributed by atoms with E-state index in [1.807, 2.05) is 6.92 Å². The van der Waals surface area contributed by atoms with Gasteiger partial charge in [0.15, 0.2) is 5.84 Å². The molecule has 0 spiro atoms. The molecule has 1 aromatic rings. The number of rotatable bonds is 6. The van der Waals surface area contributed by atoms with Gasteiger partial charge in [-0.05, 0) is 6.42 Å². The Labute approximate surface area is 109 Å². The van der Waals surface area contributed by atoms with E-state index in [0.717, 1.165) is 6.42 Å². The Balaban J connectivity index is 2.65. The second-order valence-corrected chi connectivity index (χ2v) is 4.30. The summed E-state index contributed by atoms with van der Waals surface area (Å²) in [6, 6.07) is 0. The summed E-state index contributed by atoms with van der Waals surface area (Å²) in [5, 5.41) is 14.7. The number of carbonyl (C=O) groups excluding carboxylic acids is 1. The van der Waals surface area contributed by atoms with E-state index in [2.05, 4.69) is 20.4 Å². The van der Waals surface area contributed by atoms with E-state index in [1.165, 1.54) is 24.2 Å². The monoisotopic (exact) mass is 269 g/mol. The fourth-order valence-electron chi connectivity index (χ4n) is 1.10. The molecule has 0 unspecified atom stereocenters. The molecule has 1 amide bonds. The number of nitrogens with two attached hydrogens (primary N) is 1. The molecule has 0 aliphatic heterocycles. The third-order valence-electron chi connectivity index (χ3n) is 1.93. The number of amides is 1. The smallest absolute Gasteiger partial charge is 0.230 e. The minimum atomic E-state index is -0.125. The zero-order valence-electron chi connectivity index (χ0n) is 9.96. The minimum absolute atomic E-state index is 0.0852. The first kappa shape index (κ1) is 14.2. The number of hydrogen-bond donors (Lipinski definition) is 3. The van der Waals surface area contributed by atoms with Gasteiger partial charge in [0.25, 0.3) is 0 Å². The zero-order chi connectivity index (χ0) is 13.4. The summed E-state index contributed by atoms with van der Waals surface area (Å²) in [6.07, 6.45) is 3.81. The fraction of sp³-hybridized carbons (Fsp3) is 0.400. The first-order valence-corrected chi connectivity index (χ1v) is 6.36. The number of hydrogen-bond acceptors (Lipinski definition) is 6. The van der Waals surface area contributed by atoms with Crippen LogP contribution in [0.25, 0.3) is 0 Å². The molecule has 1 heterocycles. The Morgan fingerprint density at radius 2 is 2.28 bits per heavy atom. The van der Waals surface area contributed by atoms with Crippen molar-refractivity contribution in [1.82, 2.24) is 15.3 Å². The van der Waals surface area contributed by atoms with Gasteiger partial charge in [-0.15, -0.1) is 0 Å². The normalized spacial score (nSPS) is 11.3. The lowest BCUT2D eigenvalue weighted by molar-refractivity contribution is -0.118. The van der Waals surface area contributed by atoms with Gasteiger partial charge in [0.05, 0.1) is 5.75 Å². The molecule has 0 aromatic carbocycles. The molecule has 0 aliphatic rings. The van der Waals surface area contributed by atoms with Crippen molar-refractivity contribution in [2.24, 2.45) is 10.9 Å². The molecule has 0 fully saturated rings. The molecular weight excluding hydrogens is 254 g/mol. The van der Waals surface area contributed by atoms with Gasteiger partial charge in [-0.2, -0.15) is 0 Å². The van der Waals surface area contributed by atoms with E-state index in [1.54, 1.807) is 0 Å². The van der Waals surface area contributed by atoms with Crippen LogP contribution >= 0.6 is 11.8 Å². The molecule has 98 valence electrons. The molecule has 4 N–H and O–H groups in total. The predicted octanol–water partition coefficient (Wildman–Crippen LogP) is 0.189. The molecule has 0 atom stereocenters. The van der Waals surface area contributed by atoms with Crippen LogP contribution in [0.15, 0.2) is 22.6 Å². The molecule has 0 bridgehead atoms. The highest BCUT2D eigenvalue weighted by Gasteiger charge is 2.12. The molecule has 18 heavy (non-hydrogen) atoms. The Bertz CT molecular complexity index is 438. The molecule has 0 aliphatic carbocycles. The van der Waals surface area contributed by atoms with Gasteiger partial charge < -0.3 is 16.3 Å². The van der Waals surface area contributed by atoms with Gasteiger partial charge in [-0.25, -0.2) is 9.97 Å². The summed E-state index contributed by atoms with van der Waals surface area (Å²) in [7, 11) is 0. The van der Waals surface area contributed by atoms with E-state index >= 15 is 0 Å². The topological polar surface area (TPSA) is 113 Å². The van der Waals surface area contributed by atoms with Crippen molar-refractivity contribution < 1.29 is 10.0 Å². The highest BCUT2D eigenvalue weighted by molar-refractivity contribution is 8.00. The predicted molar refractivity (Wildman–Crippen MR) is 68.6 cm³/mol. The van der Waals surface area contributed by atoms with Crippen molar-refractivity contribution in [3.05, 3.63) is 18.1 Å². The maximum atomic E-state index is 11.4. The lowest BCUT2D eigenvalue weighted by Crippen LogP contribution is -2.26. The third kappa shape index (κ3) is 4.21. The number of thioether (sulfide) groups is 1. The van der Waals surface area contributed by atoms with Crippen molar-refractivity contribution in [1.29, 1.82) is 0 Å². The first-order chi connectivity index (χ1) is 8.69. The molecule has 0 radical (unpaired) electrons. The van der Waals surface area contributed by atoms with E-state index in [-0.39, 0.29) is 23.2 Å². The summed E-state index contributed by atoms with van der Waals surface area (Å²) < 4.78 is 0. The average molecular weight is 269 g/mol. The standard InChI is InChI=1S/C10H15N5O2S/c1-2-3-12-7(16)6-18-10-8(9(11)15-17)13-4-5-14-10/h4-5,17H,2-3,6H2,1H3,(H2,11,15)(H,12,16). The van der Waals surface area contributed by atoms with Crippen molar-refractivity contribution >= 4 is 23.5 Å². The van der Waals surface area contributed by atoms with Gasteiger partial charge in [0.1, 0.15) is 10.7 Å². The van der Waals surface area contributed by atoms with Crippen molar-refractivity contribution in [3.8, 4) is 0 Å². The van der Waals surface area contributed by atoms with Crippen molar-refractivity contribution in [2.75, 3.05) is 12.3 Å². The highest BCUT2D eigenvalue weighted by Crippen LogP contribution is 2.17. The van der Waals surface area contributed by atoms with Crippen molar-refractivity contribution in [3.63, 3.8) is 0 Å². The Morgan fingerprint density at radius 1 is 1.56 bits per heavy atom. The molecule has 0 saturated carbocycles. The van der Waals surface area contributed by atoms with Crippen LogP contribution < -0.4 is 11.1 Å². The summed E-state index contributed by atoms with van der Waals surface area (Å²) >= 11 is 1.19. The van der Waals surface area contributed by atoms with E-state index in [0.29, 0.717) is 11.6 Å².